The Morgan fingerprint density at radius 1 is 1.29 bits per heavy atom. The Morgan fingerprint density at radius 2 is 2.07 bits per heavy atom. The summed E-state index contributed by atoms with van der Waals surface area (Å²) in [5, 5.41) is 4.27. The second-order valence-electron chi connectivity index (χ2n) is 2.86. The van der Waals surface area contributed by atoms with Crippen LogP contribution in [0.5, 0.6) is 0 Å². The molecule has 0 radical (unpaired) electrons. The second-order valence-corrected chi connectivity index (χ2v) is 2.86. The predicted octanol–water partition coefficient (Wildman–Crippen LogP) is 0.299. The topological polar surface area (TPSA) is 69.6 Å². The van der Waals surface area contributed by atoms with Gasteiger partial charge in [0, 0.05) is 24.5 Å². The molecule has 0 aliphatic carbocycles. The van der Waals surface area contributed by atoms with Crippen molar-refractivity contribution < 1.29 is 0 Å². The molecule has 0 saturated carbocycles. The zero-order valence-corrected chi connectivity index (χ0v) is 7.67. The van der Waals surface area contributed by atoms with Gasteiger partial charge in [-0.15, -0.1) is 0 Å². The molecule has 0 bridgehead atoms. The Labute approximate surface area is 81.6 Å². The second kappa shape index (κ2) is 3.97. The van der Waals surface area contributed by atoms with Crippen LogP contribution in [0.15, 0.2) is 30.9 Å². The monoisotopic (exact) mass is 189 g/mol. The molecule has 0 spiro atoms. The summed E-state index contributed by atoms with van der Waals surface area (Å²) in [4.78, 5) is 8.11. The normalized spacial score (nSPS) is 10.4. The minimum atomic E-state index is 0.569. The van der Waals surface area contributed by atoms with Crippen molar-refractivity contribution in [2.75, 3.05) is 6.54 Å². The molecule has 2 heterocycles. The Morgan fingerprint density at radius 3 is 2.79 bits per heavy atom. The lowest BCUT2D eigenvalue weighted by Crippen LogP contribution is -2.10. The van der Waals surface area contributed by atoms with Crippen molar-refractivity contribution in [3.8, 4) is 11.4 Å². The zero-order chi connectivity index (χ0) is 9.80. The molecule has 2 aromatic rings. The number of nitrogens with two attached hydrogens (primary N) is 1. The van der Waals surface area contributed by atoms with Gasteiger partial charge in [-0.3, -0.25) is 9.67 Å². The molecule has 0 aromatic carbocycles. The third-order valence-corrected chi connectivity index (χ3v) is 1.83. The molecule has 2 N–H and O–H groups in total. The molecule has 0 aliphatic rings. The predicted molar refractivity (Wildman–Crippen MR) is 52.3 cm³/mol. The van der Waals surface area contributed by atoms with Gasteiger partial charge in [0.15, 0.2) is 5.82 Å². The highest BCUT2D eigenvalue weighted by Crippen LogP contribution is 2.11. The lowest BCUT2D eigenvalue weighted by Gasteiger charge is -1.94. The van der Waals surface area contributed by atoms with Crippen molar-refractivity contribution in [2.24, 2.45) is 5.73 Å². The summed E-state index contributed by atoms with van der Waals surface area (Å²) < 4.78 is 1.73. The molecule has 0 fully saturated rings. The van der Waals surface area contributed by atoms with Crippen molar-refractivity contribution in [3.05, 3.63) is 30.9 Å². The van der Waals surface area contributed by atoms with Crippen molar-refractivity contribution in [2.45, 2.75) is 6.54 Å². The number of hydrogen-bond donors (Lipinski definition) is 1. The van der Waals surface area contributed by atoms with Gasteiger partial charge in [0.05, 0.1) is 6.54 Å². The van der Waals surface area contributed by atoms with E-state index < -0.39 is 0 Å². The highest BCUT2D eigenvalue weighted by molar-refractivity contribution is 5.52. The fourth-order valence-corrected chi connectivity index (χ4v) is 1.17. The standard InChI is InChI=1S/C9H11N5/c10-3-6-14-7-12-9(13-14)8-1-4-11-5-2-8/h1-2,4-5,7H,3,6,10H2. The van der Waals surface area contributed by atoms with Gasteiger partial charge in [-0.2, -0.15) is 5.10 Å². The molecule has 2 aromatic heterocycles. The van der Waals surface area contributed by atoms with Crippen LogP contribution in [0.2, 0.25) is 0 Å². The van der Waals surface area contributed by atoms with Crippen LogP contribution >= 0.6 is 0 Å². The number of pyridine rings is 1. The molecule has 72 valence electrons. The maximum atomic E-state index is 5.41. The molecule has 5 nitrogen and oxygen atoms in total. The van der Waals surface area contributed by atoms with Gasteiger partial charge < -0.3 is 5.73 Å². The van der Waals surface area contributed by atoms with E-state index in [1.807, 2.05) is 12.1 Å². The average Bonchev–Trinajstić information content (AvgIpc) is 2.68. The molecular weight excluding hydrogens is 178 g/mol. The average molecular weight is 189 g/mol. The SMILES string of the molecule is NCCn1cnc(-c2ccncc2)n1. The number of hydrogen-bond acceptors (Lipinski definition) is 4. The maximum Gasteiger partial charge on any atom is 0.181 e. The highest BCUT2D eigenvalue weighted by Gasteiger charge is 2.02. The van der Waals surface area contributed by atoms with Crippen LogP contribution in [0.25, 0.3) is 11.4 Å². The first-order valence-corrected chi connectivity index (χ1v) is 4.40. The quantitative estimate of drug-likeness (QED) is 0.753. The van der Waals surface area contributed by atoms with Gasteiger partial charge >= 0.3 is 0 Å². The van der Waals surface area contributed by atoms with Crippen LogP contribution in [0, 0.1) is 0 Å². The van der Waals surface area contributed by atoms with E-state index in [-0.39, 0.29) is 0 Å². The van der Waals surface area contributed by atoms with Gasteiger partial charge in [0.25, 0.3) is 0 Å². The molecule has 0 unspecified atom stereocenters. The lowest BCUT2D eigenvalue weighted by atomic mass is 10.3. The first kappa shape index (κ1) is 8.83. The molecular formula is C9H11N5. The summed E-state index contributed by atoms with van der Waals surface area (Å²) >= 11 is 0. The van der Waals surface area contributed by atoms with Crippen LogP contribution < -0.4 is 5.73 Å². The van der Waals surface area contributed by atoms with E-state index in [0.717, 1.165) is 5.56 Å². The molecule has 0 saturated heterocycles. The van der Waals surface area contributed by atoms with Gasteiger partial charge in [0.1, 0.15) is 6.33 Å². The number of nitrogens with zero attached hydrogens (tertiary/aromatic N) is 4. The summed E-state index contributed by atoms with van der Waals surface area (Å²) in [5.74, 6) is 0.709. The molecule has 2 rings (SSSR count). The fraction of sp³-hybridized carbons (Fsp3) is 0.222. The van der Waals surface area contributed by atoms with Crippen molar-refractivity contribution in [3.63, 3.8) is 0 Å². The van der Waals surface area contributed by atoms with E-state index >= 15 is 0 Å². The summed E-state index contributed by atoms with van der Waals surface area (Å²) in [6.45, 7) is 1.26. The van der Waals surface area contributed by atoms with Crippen LogP contribution in [0.1, 0.15) is 0 Å². The lowest BCUT2D eigenvalue weighted by molar-refractivity contribution is 0.625. The fourth-order valence-electron chi connectivity index (χ4n) is 1.17. The summed E-state index contributed by atoms with van der Waals surface area (Å²) in [6, 6.07) is 3.75. The maximum absolute atomic E-state index is 5.41. The largest absolute Gasteiger partial charge is 0.329 e. The first-order chi connectivity index (χ1) is 6.90. The van der Waals surface area contributed by atoms with Gasteiger partial charge in [-0.1, -0.05) is 0 Å². The van der Waals surface area contributed by atoms with E-state index in [9.17, 15) is 0 Å². The van der Waals surface area contributed by atoms with E-state index in [1.165, 1.54) is 0 Å². The van der Waals surface area contributed by atoms with Crippen molar-refractivity contribution >= 4 is 0 Å². The minimum Gasteiger partial charge on any atom is -0.329 e. The Bertz CT molecular complexity index is 395. The first-order valence-electron chi connectivity index (χ1n) is 4.40. The Hall–Kier alpha value is -1.75. The van der Waals surface area contributed by atoms with E-state index in [0.29, 0.717) is 18.9 Å². The highest BCUT2D eigenvalue weighted by atomic mass is 15.3. The third kappa shape index (κ3) is 1.77. The van der Waals surface area contributed by atoms with E-state index in [1.54, 1.807) is 23.4 Å². The van der Waals surface area contributed by atoms with Crippen LogP contribution in [-0.4, -0.2) is 26.3 Å². The van der Waals surface area contributed by atoms with Crippen LogP contribution in [0.4, 0.5) is 0 Å². The van der Waals surface area contributed by atoms with Gasteiger partial charge in [-0.25, -0.2) is 4.98 Å². The number of aromatic nitrogens is 4. The third-order valence-electron chi connectivity index (χ3n) is 1.83. The molecule has 0 aliphatic heterocycles. The minimum absolute atomic E-state index is 0.569. The van der Waals surface area contributed by atoms with Crippen molar-refractivity contribution in [1.29, 1.82) is 0 Å². The van der Waals surface area contributed by atoms with Gasteiger partial charge in [0.2, 0.25) is 0 Å². The summed E-state index contributed by atoms with van der Waals surface area (Å²) in [5.41, 5.74) is 6.38. The van der Waals surface area contributed by atoms with Gasteiger partial charge in [-0.05, 0) is 12.1 Å². The smallest absolute Gasteiger partial charge is 0.181 e. The zero-order valence-electron chi connectivity index (χ0n) is 7.67. The molecule has 0 amide bonds. The Kier molecular flexibility index (Phi) is 2.51. The number of rotatable bonds is 3. The van der Waals surface area contributed by atoms with E-state index in [4.69, 9.17) is 5.73 Å². The molecule has 5 heteroatoms. The van der Waals surface area contributed by atoms with Crippen LogP contribution in [-0.2, 0) is 6.54 Å². The molecule has 0 atom stereocenters. The Balaban J connectivity index is 2.25. The van der Waals surface area contributed by atoms with E-state index in [2.05, 4.69) is 15.1 Å². The van der Waals surface area contributed by atoms with Crippen LogP contribution in [0.3, 0.4) is 0 Å². The van der Waals surface area contributed by atoms with Crippen molar-refractivity contribution in [1.82, 2.24) is 19.7 Å². The summed E-state index contributed by atoms with van der Waals surface area (Å²) in [7, 11) is 0. The summed E-state index contributed by atoms with van der Waals surface area (Å²) in [6.07, 6.45) is 5.13. The molecule has 14 heavy (non-hydrogen) atoms.